The average Bonchev–Trinajstić information content (AvgIpc) is 2.38. The Bertz CT molecular complexity index is 448. The van der Waals surface area contributed by atoms with Crippen LogP contribution in [0.1, 0.15) is 23.2 Å². The first-order valence-electron chi connectivity index (χ1n) is 5.75. The summed E-state index contributed by atoms with van der Waals surface area (Å²) in [6, 6.07) is 3.03. The number of nitrogens with zero attached hydrogens (tertiary/aromatic N) is 2. The number of aromatic nitrogens is 1. The van der Waals surface area contributed by atoms with Crippen LogP contribution in [0, 0.1) is 0 Å². The lowest BCUT2D eigenvalue weighted by molar-refractivity contribution is 0.0666. The summed E-state index contributed by atoms with van der Waals surface area (Å²) >= 11 is 5.81. The molecule has 6 heteroatoms. The number of carbonyl (C=O) groups excluding carboxylic acids is 1. The maximum absolute atomic E-state index is 13.0. The highest BCUT2D eigenvalue weighted by molar-refractivity contribution is 6.29. The Labute approximate surface area is 110 Å². The number of halogens is 2. The van der Waals surface area contributed by atoms with Gasteiger partial charge >= 0.3 is 0 Å². The number of rotatable bonds is 2. The zero-order valence-corrected chi connectivity index (χ0v) is 10.8. The highest BCUT2D eigenvalue weighted by atomic mass is 35.5. The highest BCUT2D eigenvalue weighted by Gasteiger charge is 2.23. The monoisotopic (exact) mass is 272 g/mol. The number of hydrogen-bond donors (Lipinski definition) is 0. The summed E-state index contributed by atoms with van der Waals surface area (Å²) in [5.41, 5.74) is 0.421. The lowest BCUT2D eigenvalue weighted by Crippen LogP contribution is -2.39. The number of hydrogen-bond acceptors (Lipinski definition) is 3. The molecule has 0 spiro atoms. The molecule has 1 aliphatic rings. The second kappa shape index (κ2) is 5.52. The van der Waals surface area contributed by atoms with E-state index in [1.54, 1.807) is 4.90 Å². The van der Waals surface area contributed by atoms with E-state index >= 15 is 0 Å². The summed E-state index contributed by atoms with van der Waals surface area (Å²) in [6.45, 7) is 0.866. The minimum atomic E-state index is -0.801. The molecular weight excluding hydrogens is 259 g/mol. The lowest BCUT2D eigenvalue weighted by Gasteiger charge is -2.28. The molecule has 0 aromatic carbocycles. The van der Waals surface area contributed by atoms with Crippen LogP contribution in [-0.4, -0.2) is 42.2 Å². The molecular formula is C12H14ClFN2O2. The topological polar surface area (TPSA) is 42.4 Å². The smallest absolute Gasteiger partial charge is 0.254 e. The Balaban J connectivity index is 2.15. The van der Waals surface area contributed by atoms with Crippen LogP contribution in [0.25, 0.3) is 0 Å². The minimum absolute atomic E-state index is 0.162. The van der Waals surface area contributed by atoms with Crippen molar-refractivity contribution in [3.8, 4) is 5.88 Å². The molecule has 1 aliphatic heterocycles. The molecule has 1 saturated heterocycles. The van der Waals surface area contributed by atoms with E-state index in [9.17, 15) is 9.18 Å². The molecule has 0 saturated carbocycles. The van der Waals surface area contributed by atoms with E-state index in [0.29, 0.717) is 37.4 Å². The van der Waals surface area contributed by atoms with E-state index in [4.69, 9.17) is 16.3 Å². The largest absolute Gasteiger partial charge is 0.481 e. The number of alkyl halides is 1. The Morgan fingerprint density at radius 2 is 2.17 bits per heavy atom. The van der Waals surface area contributed by atoms with Crippen molar-refractivity contribution in [3.63, 3.8) is 0 Å². The predicted molar refractivity (Wildman–Crippen MR) is 65.8 cm³/mol. The van der Waals surface area contributed by atoms with Gasteiger partial charge in [0, 0.05) is 24.7 Å². The third-order valence-corrected chi connectivity index (χ3v) is 3.13. The van der Waals surface area contributed by atoms with E-state index in [0.717, 1.165) is 0 Å². The molecule has 0 unspecified atom stereocenters. The molecule has 1 fully saturated rings. The molecule has 0 aliphatic carbocycles. The molecule has 1 aromatic rings. The standard InChI is InChI=1S/C12H14ClFN2O2/c1-18-11-7-8(6-10(13)15-11)12(17)16-4-2-9(14)3-5-16/h6-7,9H,2-5H2,1H3. The number of likely N-dealkylation sites (tertiary alicyclic amines) is 1. The van der Waals surface area contributed by atoms with Crippen molar-refractivity contribution < 1.29 is 13.9 Å². The van der Waals surface area contributed by atoms with Gasteiger partial charge in [0.25, 0.3) is 5.91 Å². The lowest BCUT2D eigenvalue weighted by atomic mass is 10.1. The van der Waals surface area contributed by atoms with Gasteiger partial charge in [-0.2, -0.15) is 0 Å². The summed E-state index contributed by atoms with van der Waals surface area (Å²) in [7, 11) is 1.46. The third kappa shape index (κ3) is 2.90. The van der Waals surface area contributed by atoms with E-state index in [1.165, 1.54) is 19.2 Å². The Hall–Kier alpha value is -1.36. The van der Waals surface area contributed by atoms with Crippen LogP contribution in [0.4, 0.5) is 4.39 Å². The normalized spacial score (nSPS) is 16.7. The number of pyridine rings is 1. The third-order valence-electron chi connectivity index (χ3n) is 2.94. The molecule has 0 N–H and O–H groups in total. The fourth-order valence-electron chi connectivity index (χ4n) is 1.93. The van der Waals surface area contributed by atoms with Crippen molar-refractivity contribution in [1.82, 2.24) is 9.88 Å². The molecule has 0 bridgehead atoms. The fraction of sp³-hybridized carbons (Fsp3) is 0.500. The van der Waals surface area contributed by atoms with Gasteiger partial charge in [-0.15, -0.1) is 0 Å². The summed E-state index contributed by atoms with van der Waals surface area (Å²) < 4.78 is 18.0. The van der Waals surface area contributed by atoms with Crippen LogP contribution >= 0.6 is 11.6 Å². The maximum Gasteiger partial charge on any atom is 0.254 e. The van der Waals surface area contributed by atoms with Crippen molar-refractivity contribution in [3.05, 3.63) is 22.8 Å². The van der Waals surface area contributed by atoms with Gasteiger partial charge in [-0.05, 0) is 18.9 Å². The summed E-state index contributed by atoms with van der Waals surface area (Å²) in [5.74, 6) is 0.135. The van der Waals surface area contributed by atoms with Gasteiger partial charge in [0.2, 0.25) is 5.88 Å². The maximum atomic E-state index is 13.0. The molecule has 1 aromatic heterocycles. The first kappa shape index (κ1) is 13.1. The molecule has 0 radical (unpaired) electrons. The van der Waals surface area contributed by atoms with Crippen LogP contribution < -0.4 is 4.74 Å². The first-order chi connectivity index (χ1) is 8.60. The molecule has 18 heavy (non-hydrogen) atoms. The van der Waals surface area contributed by atoms with Crippen molar-refractivity contribution in [2.45, 2.75) is 19.0 Å². The van der Waals surface area contributed by atoms with E-state index < -0.39 is 6.17 Å². The van der Waals surface area contributed by atoms with Gasteiger partial charge in [-0.25, -0.2) is 9.37 Å². The number of ether oxygens (including phenoxy) is 1. The molecule has 98 valence electrons. The second-order valence-electron chi connectivity index (χ2n) is 4.19. The van der Waals surface area contributed by atoms with Crippen molar-refractivity contribution in [2.24, 2.45) is 0 Å². The van der Waals surface area contributed by atoms with Gasteiger partial charge in [-0.1, -0.05) is 11.6 Å². The van der Waals surface area contributed by atoms with Crippen molar-refractivity contribution >= 4 is 17.5 Å². The quantitative estimate of drug-likeness (QED) is 0.776. The molecule has 4 nitrogen and oxygen atoms in total. The van der Waals surface area contributed by atoms with Crippen LogP contribution in [-0.2, 0) is 0 Å². The summed E-state index contributed by atoms with van der Waals surface area (Å²) in [4.78, 5) is 17.7. The van der Waals surface area contributed by atoms with Gasteiger partial charge in [0.1, 0.15) is 11.3 Å². The highest BCUT2D eigenvalue weighted by Crippen LogP contribution is 2.20. The van der Waals surface area contributed by atoms with Gasteiger partial charge in [0.05, 0.1) is 7.11 Å². The zero-order valence-electron chi connectivity index (χ0n) is 10.0. The Kier molecular flexibility index (Phi) is 4.01. The molecule has 2 heterocycles. The van der Waals surface area contributed by atoms with E-state index in [1.807, 2.05) is 0 Å². The fourth-order valence-corrected chi connectivity index (χ4v) is 2.14. The van der Waals surface area contributed by atoms with Crippen molar-refractivity contribution in [2.75, 3.05) is 20.2 Å². The minimum Gasteiger partial charge on any atom is -0.481 e. The number of amides is 1. The van der Waals surface area contributed by atoms with Crippen LogP contribution in [0.5, 0.6) is 5.88 Å². The predicted octanol–water partition coefficient (Wildman–Crippen LogP) is 2.32. The molecule has 1 amide bonds. The number of methoxy groups -OCH3 is 1. The molecule has 0 atom stereocenters. The van der Waals surface area contributed by atoms with Crippen LogP contribution in [0.15, 0.2) is 12.1 Å². The number of piperidine rings is 1. The SMILES string of the molecule is COc1cc(C(=O)N2CCC(F)CC2)cc(Cl)n1. The number of carbonyl (C=O) groups is 1. The van der Waals surface area contributed by atoms with Crippen molar-refractivity contribution in [1.29, 1.82) is 0 Å². The summed E-state index contributed by atoms with van der Waals surface area (Å²) in [6.07, 6.45) is -0.0202. The second-order valence-corrected chi connectivity index (χ2v) is 4.57. The molecule has 2 rings (SSSR count). The van der Waals surface area contributed by atoms with Gasteiger partial charge < -0.3 is 9.64 Å². The van der Waals surface area contributed by atoms with E-state index in [2.05, 4.69) is 4.98 Å². The summed E-state index contributed by atoms with van der Waals surface area (Å²) in [5, 5.41) is 0.207. The van der Waals surface area contributed by atoms with Gasteiger partial charge in [0.15, 0.2) is 0 Å². The Morgan fingerprint density at radius 1 is 1.50 bits per heavy atom. The van der Waals surface area contributed by atoms with Gasteiger partial charge in [-0.3, -0.25) is 4.79 Å². The van der Waals surface area contributed by atoms with E-state index in [-0.39, 0.29) is 11.1 Å². The Morgan fingerprint density at radius 3 is 2.78 bits per heavy atom. The zero-order chi connectivity index (χ0) is 13.1. The van der Waals surface area contributed by atoms with Crippen LogP contribution in [0.2, 0.25) is 5.15 Å². The average molecular weight is 273 g/mol. The van der Waals surface area contributed by atoms with Crippen LogP contribution in [0.3, 0.4) is 0 Å². The first-order valence-corrected chi connectivity index (χ1v) is 6.13.